The van der Waals surface area contributed by atoms with Crippen molar-refractivity contribution in [3.05, 3.63) is 35.4 Å². The lowest BCUT2D eigenvalue weighted by molar-refractivity contribution is -0.122. The first-order valence-electron chi connectivity index (χ1n) is 7.44. The molecule has 3 nitrogen and oxygen atoms in total. The highest BCUT2D eigenvalue weighted by Gasteiger charge is 2.46. The van der Waals surface area contributed by atoms with Gasteiger partial charge in [0.1, 0.15) is 6.04 Å². The van der Waals surface area contributed by atoms with Gasteiger partial charge in [-0.3, -0.25) is 9.69 Å². The number of carbonyl (C=O) groups is 1. The largest absolute Gasteiger partial charge is 0.352 e. The molecule has 100 valence electrons. The summed E-state index contributed by atoms with van der Waals surface area (Å²) in [6.45, 7) is 0.956. The molecule has 1 aromatic carbocycles. The molecule has 1 aliphatic heterocycles. The lowest BCUT2D eigenvalue weighted by Crippen LogP contribution is -2.43. The summed E-state index contributed by atoms with van der Waals surface area (Å²) in [5, 5.41) is 3.17. The Morgan fingerprint density at radius 1 is 1.16 bits per heavy atom. The van der Waals surface area contributed by atoms with E-state index in [9.17, 15) is 4.79 Å². The molecule has 3 aliphatic rings. The van der Waals surface area contributed by atoms with Gasteiger partial charge in [0.25, 0.3) is 0 Å². The van der Waals surface area contributed by atoms with E-state index in [0.29, 0.717) is 12.1 Å². The average molecular weight is 256 g/mol. The number of amides is 1. The lowest BCUT2D eigenvalue weighted by atomic mass is 9.93. The number of hydrogen-bond donors (Lipinski definition) is 1. The Labute approximate surface area is 114 Å². The van der Waals surface area contributed by atoms with Gasteiger partial charge in [-0.15, -0.1) is 0 Å². The van der Waals surface area contributed by atoms with Crippen molar-refractivity contribution in [2.45, 2.75) is 50.2 Å². The van der Waals surface area contributed by atoms with Crippen LogP contribution in [0.1, 0.15) is 30.4 Å². The maximum Gasteiger partial charge on any atom is 0.238 e. The summed E-state index contributed by atoms with van der Waals surface area (Å²) in [5.74, 6) is 0.264. The molecule has 19 heavy (non-hydrogen) atoms. The van der Waals surface area contributed by atoms with Gasteiger partial charge in [-0.05, 0) is 43.2 Å². The topological polar surface area (TPSA) is 32.1 Å². The molecule has 3 heteroatoms. The van der Waals surface area contributed by atoms with Crippen molar-refractivity contribution in [2.75, 3.05) is 6.54 Å². The van der Waals surface area contributed by atoms with Gasteiger partial charge in [0.15, 0.2) is 0 Å². The first-order valence-corrected chi connectivity index (χ1v) is 7.44. The molecule has 0 aromatic heterocycles. The number of rotatable bonds is 3. The molecular weight excluding hydrogens is 236 g/mol. The molecule has 1 heterocycles. The summed E-state index contributed by atoms with van der Waals surface area (Å²) in [6, 6.07) is 9.85. The highest BCUT2D eigenvalue weighted by molar-refractivity contribution is 5.85. The van der Waals surface area contributed by atoms with Gasteiger partial charge < -0.3 is 5.32 Å². The Morgan fingerprint density at radius 3 is 2.42 bits per heavy atom. The summed E-state index contributed by atoms with van der Waals surface area (Å²) < 4.78 is 0. The van der Waals surface area contributed by atoms with E-state index in [4.69, 9.17) is 0 Å². The number of nitrogens with one attached hydrogen (secondary N) is 1. The third-order valence-corrected chi connectivity index (χ3v) is 4.90. The molecule has 2 unspecified atom stereocenters. The molecule has 1 saturated heterocycles. The number of hydrogen-bond acceptors (Lipinski definition) is 2. The van der Waals surface area contributed by atoms with Crippen molar-refractivity contribution in [2.24, 2.45) is 0 Å². The minimum absolute atomic E-state index is 0.153. The zero-order chi connectivity index (χ0) is 12.8. The molecule has 1 N–H and O–H groups in total. The second-order valence-corrected chi connectivity index (χ2v) is 6.18. The Hall–Kier alpha value is -1.35. The molecule has 2 fully saturated rings. The van der Waals surface area contributed by atoms with E-state index in [0.717, 1.165) is 19.4 Å². The van der Waals surface area contributed by atoms with Crippen LogP contribution in [-0.4, -0.2) is 35.5 Å². The van der Waals surface area contributed by atoms with E-state index < -0.39 is 0 Å². The standard InChI is InChI=1S/C16H20N2O/c19-16(17-13-6-3-7-13)15-10-18(15)14-8-11-4-1-2-5-12(11)9-14/h1-2,4-5,13-15H,3,6-10H2,(H,17,19). The van der Waals surface area contributed by atoms with Crippen LogP contribution < -0.4 is 5.32 Å². The summed E-state index contributed by atoms with van der Waals surface area (Å²) in [5.41, 5.74) is 2.94. The van der Waals surface area contributed by atoms with Crippen molar-refractivity contribution >= 4 is 5.91 Å². The van der Waals surface area contributed by atoms with Crippen molar-refractivity contribution < 1.29 is 4.79 Å². The first kappa shape index (κ1) is 11.5. The van der Waals surface area contributed by atoms with E-state index >= 15 is 0 Å². The van der Waals surface area contributed by atoms with Crippen molar-refractivity contribution in [1.82, 2.24) is 10.2 Å². The molecule has 1 saturated carbocycles. The van der Waals surface area contributed by atoms with Gasteiger partial charge in [0.05, 0.1) is 0 Å². The third kappa shape index (κ3) is 2.06. The van der Waals surface area contributed by atoms with Crippen LogP contribution in [0.3, 0.4) is 0 Å². The highest BCUT2D eigenvalue weighted by atomic mass is 16.2. The Kier molecular flexibility index (Phi) is 2.62. The fourth-order valence-corrected chi connectivity index (χ4v) is 3.41. The van der Waals surface area contributed by atoms with Gasteiger partial charge in [-0.2, -0.15) is 0 Å². The number of carbonyl (C=O) groups excluding carboxylic acids is 1. The van der Waals surface area contributed by atoms with Crippen LogP contribution >= 0.6 is 0 Å². The van der Waals surface area contributed by atoms with E-state index in [2.05, 4.69) is 34.5 Å². The smallest absolute Gasteiger partial charge is 0.238 e. The fraction of sp³-hybridized carbons (Fsp3) is 0.562. The van der Waals surface area contributed by atoms with Gasteiger partial charge >= 0.3 is 0 Å². The summed E-state index contributed by atoms with van der Waals surface area (Å²) in [7, 11) is 0. The van der Waals surface area contributed by atoms with Crippen LogP contribution in [0.5, 0.6) is 0 Å². The highest BCUT2D eigenvalue weighted by Crippen LogP contribution is 2.32. The SMILES string of the molecule is O=C(NC1CCC1)C1CN1C1Cc2ccccc2C1. The van der Waals surface area contributed by atoms with Crippen LogP contribution in [0.15, 0.2) is 24.3 Å². The van der Waals surface area contributed by atoms with Crippen molar-refractivity contribution in [3.63, 3.8) is 0 Å². The fourth-order valence-electron chi connectivity index (χ4n) is 3.41. The van der Waals surface area contributed by atoms with Gasteiger partial charge in [-0.1, -0.05) is 24.3 Å². The molecule has 4 rings (SSSR count). The van der Waals surface area contributed by atoms with Crippen molar-refractivity contribution in [1.29, 1.82) is 0 Å². The molecule has 0 radical (unpaired) electrons. The number of nitrogens with zero attached hydrogens (tertiary/aromatic N) is 1. The summed E-state index contributed by atoms with van der Waals surface area (Å²) >= 11 is 0. The van der Waals surface area contributed by atoms with E-state index in [-0.39, 0.29) is 11.9 Å². The summed E-state index contributed by atoms with van der Waals surface area (Å²) in [4.78, 5) is 14.5. The molecule has 2 atom stereocenters. The molecule has 1 aromatic rings. The first-order chi connectivity index (χ1) is 9.31. The van der Waals surface area contributed by atoms with Crippen LogP contribution in [0.4, 0.5) is 0 Å². The predicted octanol–water partition coefficient (Wildman–Crippen LogP) is 1.51. The van der Waals surface area contributed by atoms with Crippen LogP contribution in [-0.2, 0) is 17.6 Å². The number of benzene rings is 1. The average Bonchev–Trinajstić information content (AvgIpc) is 3.06. The zero-order valence-electron chi connectivity index (χ0n) is 11.1. The second-order valence-electron chi connectivity index (χ2n) is 6.18. The quantitative estimate of drug-likeness (QED) is 0.831. The monoisotopic (exact) mass is 256 g/mol. The van der Waals surface area contributed by atoms with Gasteiger partial charge in [0, 0.05) is 18.6 Å². The van der Waals surface area contributed by atoms with Gasteiger partial charge in [0.2, 0.25) is 5.91 Å². The predicted molar refractivity (Wildman–Crippen MR) is 73.9 cm³/mol. The Morgan fingerprint density at radius 2 is 1.84 bits per heavy atom. The third-order valence-electron chi connectivity index (χ3n) is 4.90. The molecular formula is C16H20N2O. The van der Waals surface area contributed by atoms with E-state index in [1.807, 2.05) is 0 Å². The minimum Gasteiger partial charge on any atom is -0.352 e. The lowest BCUT2D eigenvalue weighted by Gasteiger charge is -2.26. The molecule has 2 aliphatic carbocycles. The number of fused-ring (bicyclic) bond motifs is 1. The Bertz CT molecular complexity index is 484. The molecule has 0 bridgehead atoms. The zero-order valence-corrected chi connectivity index (χ0v) is 11.1. The van der Waals surface area contributed by atoms with Crippen molar-refractivity contribution in [3.8, 4) is 0 Å². The molecule has 0 spiro atoms. The normalized spacial score (nSPS) is 29.7. The summed E-state index contributed by atoms with van der Waals surface area (Å²) in [6.07, 6.45) is 5.85. The van der Waals surface area contributed by atoms with Gasteiger partial charge in [-0.25, -0.2) is 0 Å². The minimum atomic E-state index is 0.153. The maximum atomic E-state index is 12.1. The Balaban J connectivity index is 1.35. The maximum absolute atomic E-state index is 12.1. The van der Waals surface area contributed by atoms with Crippen LogP contribution in [0.2, 0.25) is 0 Å². The van der Waals surface area contributed by atoms with E-state index in [1.54, 1.807) is 0 Å². The molecule has 1 amide bonds. The second kappa shape index (κ2) is 4.34. The van der Waals surface area contributed by atoms with Crippen LogP contribution in [0, 0.1) is 0 Å². The van der Waals surface area contributed by atoms with E-state index in [1.165, 1.54) is 30.4 Å². The van der Waals surface area contributed by atoms with Crippen LogP contribution in [0.25, 0.3) is 0 Å².